The first-order valence-electron chi connectivity index (χ1n) is 8.62. The van der Waals surface area contributed by atoms with Gasteiger partial charge in [0.15, 0.2) is 5.82 Å². The largest absolute Gasteiger partial charge is 0.338 e. The number of piperidine rings is 1. The fraction of sp³-hybridized carbons (Fsp3) is 0.588. The molecular formula is C17H22N6O2. The van der Waals surface area contributed by atoms with Crippen molar-refractivity contribution in [3.05, 3.63) is 36.0 Å². The van der Waals surface area contributed by atoms with Crippen LogP contribution in [-0.4, -0.2) is 62.5 Å². The number of likely N-dealkylation sites (tertiary alicyclic amines) is 2. The fourth-order valence-electron chi connectivity index (χ4n) is 4.11. The third-order valence-electron chi connectivity index (χ3n) is 5.47. The summed E-state index contributed by atoms with van der Waals surface area (Å²) in [4.78, 5) is 29.2. The molecule has 132 valence electrons. The van der Waals surface area contributed by atoms with Gasteiger partial charge in [-0.2, -0.15) is 4.98 Å². The van der Waals surface area contributed by atoms with Gasteiger partial charge in [0.2, 0.25) is 5.89 Å². The van der Waals surface area contributed by atoms with Crippen molar-refractivity contribution in [2.75, 3.05) is 26.7 Å². The van der Waals surface area contributed by atoms with Gasteiger partial charge < -0.3 is 9.42 Å². The van der Waals surface area contributed by atoms with Crippen LogP contribution in [0.5, 0.6) is 0 Å². The third-order valence-corrected chi connectivity index (χ3v) is 5.47. The quantitative estimate of drug-likeness (QED) is 0.816. The number of carbonyl (C=O) groups is 1. The van der Waals surface area contributed by atoms with Crippen LogP contribution in [0, 0.1) is 12.3 Å². The standard InChI is InChI=1S/C17H22N6O2/c1-12-20-15(25-21-12)14-9-17(11-22(14)2)3-7-23(8-4-17)16(24)13-10-18-5-6-19-13/h5-6,10,14H,3-4,7-9,11H2,1-2H3. The molecule has 0 N–H and O–H groups in total. The van der Waals surface area contributed by atoms with Crippen LogP contribution in [0.25, 0.3) is 0 Å². The molecule has 4 rings (SSSR count). The molecule has 2 aliphatic heterocycles. The van der Waals surface area contributed by atoms with E-state index in [0.29, 0.717) is 17.4 Å². The van der Waals surface area contributed by atoms with Crippen LogP contribution in [0.1, 0.15) is 47.5 Å². The second-order valence-corrected chi connectivity index (χ2v) is 7.20. The predicted octanol–water partition coefficient (Wildman–Crippen LogP) is 1.47. The molecule has 4 heterocycles. The number of hydrogen-bond donors (Lipinski definition) is 0. The molecule has 2 aromatic rings. The molecule has 0 bridgehead atoms. The van der Waals surface area contributed by atoms with Gasteiger partial charge in [0.05, 0.1) is 12.2 Å². The molecule has 0 aliphatic carbocycles. The molecular weight excluding hydrogens is 320 g/mol. The van der Waals surface area contributed by atoms with Gasteiger partial charge in [-0.05, 0) is 38.6 Å². The highest BCUT2D eigenvalue weighted by molar-refractivity contribution is 5.92. The second kappa shape index (κ2) is 6.18. The van der Waals surface area contributed by atoms with Gasteiger partial charge in [-0.15, -0.1) is 0 Å². The maximum atomic E-state index is 12.5. The summed E-state index contributed by atoms with van der Waals surface area (Å²) in [6, 6.07) is 0.170. The Morgan fingerprint density at radius 1 is 1.32 bits per heavy atom. The van der Waals surface area contributed by atoms with Crippen LogP contribution < -0.4 is 0 Å². The lowest BCUT2D eigenvalue weighted by Crippen LogP contribution is -2.44. The molecule has 8 nitrogen and oxygen atoms in total. The summed E-state index contributed by atoms with van der Waals surface area (Å²) in [6.45, 7) is 4.33. The Kier molecular flexibility index (Phi) is 3.99. The van der Waals surface area contributed by atoms with Crippen molar-refractivity contribution < 1.29 is 9.32 Å². The monoisotopic (exact) mass is 342 g/mol. The molecule has 2 aliphatic rings. The number of amides is 1. The van der Waals surface area contributed by atoms with Crippen LogP contribution in [0.3, 0.4) is 0 Å². The van der Waals surface area contributed by atoms with Crippen molar-refractivity contribution in [1.29, 1.82) is 0 Å². The highest BCUT2D eigenvalue weighted by Crippen LogP contribution is 2.47. The van der Waals surface area contributed by atoms with E-state index in [9.17, 15) is 4.79 Å². The van der Waals surface area contributed by atoms with E-state index in [2.05, 4.69) is 32.1 Å². The van der Waals surface area contributed by atoms with Gasteiger partial charge in [-0.25, -0.2) is 4.98 Å². The van der Waals surface area contributed by atoms with E-state index in [1.807, 2.05) is 11.8 Å². The van der Waals surface area contributed by atoms with Crippen molar-refractivity contribution in [2.24, 2.45) is 5.41 Å². The first-order chi connectivity index (χ1) is 12.1. The van der Waals surface area contributed by atoms with E-state index in [4.69, 9.17) is 4.52 Å². The van der Waals surface area contributed by atoms with Crippen LogP contribution >= 0.6 is 0 Å². The lowest BCUT2D eigenvalue weighted by atomic mass is 9.76. The molecule has 25 heavy (non-hydrogen) atoms. The zero-order chi connectivity index (χ0) is 17.4. The molecule has 0 aromatic carbocycles. The van der Waals surface area contributed by atoms with Gasteiger partial charge in [0, 0.05) is 32.0 Å². The number of aryl methyl sites for hydroxylation is 1. The number of hydrogen-bond acceptors (Lipinski definition) is 7. The Morgan fingerprint density at radius 3 is 2.76 bits per heavy atom. The summed E-state index contributed by atoms with van der Waals surface area (Å²) in [6.07, 6.45) is 7.62. The molecule has 1 amide bonds. The molecule has 2 fully saturated rings. The van der Waals surface area contributed by atoms with Gasteiger partial charge in [-0.3, -0.25) is 14.7 Å². The Labute approximate surface area is 146 Å². The maximum absolute atomic E-state index is 12.5. The molecule has 8 heteroatoms. The van der Waals surface area contributed by atoms with Crippen molar-refractivity contribution in [2.45, 2.75) is 32.2 Å². The highest BCUT2D eigenvalue weighted by atomic mass is 16.5. The number of rotatable bonds is 2. The lowest BCUT2D eigenvalue weighted by molar-refractivity contribution is 0.0587. The Bertz CT molecular complexity index is 754. The average molecular weight is 342 g/mol. The van der Waals surface area contributed by atoms with Gasteiger partial charge in [0.1, 0.15) is 5.69 Å². The smallest absolute Gasteiger partial charge is 0.274 e. The first-order valence-corrected chi connectivity index (χ1v) is 8.62. The van der Waals surface area contributed by atoms with Crippen molar-refractivity contribution in [1.82, 2.24) is 29.9 Å². The van der Waals surface area contributed by atoms with E-state index in [1.165, 1.54) is 6.20 Å². The van der Waals surface area contributed by atoms with E-state index < -0.39 is 0 Å². The maximum Gasteiger partial charge on any atom is 0.274 e. The van der Waals surface area contributed by atoms with Gasteiger partial charge in [-0.1, -0.05) is 5.16 Å². The predicted molar refractivity (Wildman–Crippen MR) is 88.6 cm³/mol. The molecule has 0 saturated carbocycles. The minimum Gasteiger partial charge on any atom is -0.338 e. The normalized spacial score (nSPS) is 23.3. The molecule has 1 atom stereocenters. The third kappa shape index (κ3) is 3.02. The summed E-state index contributed by atoms with van der Waals surface area (Å²) in [5.74, 6) is 1.35. The van der Waals surface area contributed by atoms with E-state index in [1.54, 1.807) is 12.4 Å². The zero-order valence-electron chi connectivity index (χ0n) is 14.6. The number of carbonyl (C=O) groups excluding carboxylic acids is 1. The van der Waals surface area contributed by atoms with Gasteiger partial charge >= 0.3 is 0 Å². The molecule has 0 radical (unpaired) electrons. The summed E-state index contributed by atoms with van der Waals surface area (Å²) in [5.41, 5.74) is 0.627. The van der Waals surface area contributed by atoms with Crippen LogP contribution in [0.2, 0.25) is 0 Å². The summed E-state index contributed by atoms with van der Waals surface area (Å²) >= 11 is 0. The first kappa shape index (κ1) is 16.1. The highest BCUT2D eigenvalue weighted by Gasteiger charge is 2.47. The van der Waals surface area contributed by atoms with Crippen LogP contribution in [0.4, 0.5) is 0 Å². The molecule has 1 spiro atoms. The van der Waals surface area contributed by atoms with Crippen molar-refractivity contribution >= 4 is 5.91 Å². The van der Waals surface area contributed by atoms with E-state index in [-0.39, 0.29) is 17.4 Å². The summed E-state index contributed by atoms with van der Waals surface area (Å²) in [7, 11) is 2.11. The lowest BCUT2D eigenvalue weighted by Gasteiger charge is -2.39. The van der Waals surface area contributed by atoms with Crippen LogP contribution in [-0.2, 0) is 0 Å². The van der Waals surface area contributed by atoms with Crippen LogP contribution in [0.15, 0.2) is 23.1 Å². The zero-order valence-corrected chi connectivity index (χ0v) is 14.6. The van der Waals surface area contributed by atoms with E-state index in [0.717, 1.165) is 38.9 Å². The molecule has 2 aromatic heterocycles. The molecule has 1 unspecified atom stereocenters. The summed E-state index contributed by atoms with van der Waals surface area (Å²) in [5, 5.41) is 3.92. The number of nitrogens with zero attached hydrogens (tertiary/aromatic N) is 6. The second-order valence-electron chi connectivity index (χ2n) is 7.20. The van der Waals surface area contributed by atoms with Crippen molar-refractivity contribution in [3.63, 3.8) is 0 Å². The SMILES string of the molecule is Cc1noc(C2CC3(CCN(C(=O)c4cnccn4)CC3)CN2C)n1. The minimum atomic E-state index is -0.0293. The van der Waals surface area contributed by atoms with Crippen molar-refractivity contribution in [3.8, 4) is 0 Å². The Hall–Kier alpha value is -2.35. The Morgan fingerprint density at radius 2 is 2.12 bits per heavy atom. The Balaban J connectivity index is 1.42. The van der Waals surface area contributed by atoms with Gasteiger partial charge in [0.25, 0.3) is 5.91 Å². The molecule has 2 saturated heterocycles. The average Bonchev–Trinajstić information content (AvgIpc) is 3.19. The topological polar surface area (TPSA) is 88.2 Å². The fourth-order valence-corrected chi connectivity index (χ4v) is 4.11. The summed E-state index contributed by atoms with van der Waals surface area (Å²) < 4.78 is 5.39. The minimum absolute atomic E-state index is 0.0293. The van der Waals surface area contributed by atoms with E-state index >= 15 is 0 Å². The number of aromatic nitrogens is 4.